The Morgan fingerprint density at radius 1 is 1.27 bits per heavy atom. The van der Waals surface area contributed by atoms with Gasteiger partial charge >= 0.3 is 0 Å². The van der Waals surface area contributed by atoms with Gasteiger partial charge in [0.2, 0.25) is 0 Å². The van der Waals surface area contributed by atoms with E-state index < -0.39 is 0 Å². The monoisotopic (exact) mass is 224 g/mol. The molecule has 0 saturated heterocycles. The number of thioether (sulfide) groups is 1. The second kappa shape index (κ2) is 4.61. The molecule has 82 valence electrons. The standard InChI is InChI=1S/C9H12N4S.CH4/c1-6(2)14-9-7-8(10-4-11-9)13(3)5-12-7;/h4-6H,1-3H3;1H4. The van der Waals surface area contributed by atoms with E-state index in [0.717, 1.165) is 16.2 Å². The van der Waals surface area contributed by atoms with Gasteiger partial charge in [-0.3, -0.25) is 0 Å². The highest BCUT2D eigenvalue weighted by Crippen LogP contribution is 2.25. The van der Waals surface area contributed by atoms with E-state index in [4.69, 9.17) is 0 Å². The quantitative estimate of drug-likeness (QED) is 0.580. The van der Waals surface area contributed by atoms with Crippen molar-refractivity contribution in [3.05, 3.63) is 12.7 Å². The predicted octanol–water partition coefficient (Wildman–Crippen LogP) is 2.50. The molecule has 0 N–H and O–H groups in total. The molecule has 2 heterocycles. The van der Waals surface area contributed by atoms with Crippen LogP contribution in [-0.4, -0.2) is 24.8 Å². The van der Waals surface area contributed by atoms with Crippen LogP contribution in [0.3, 0.4) is 0 Å². The van der Waals surface area contributed by atoms with E-state index in [-0.39, 0.29) is 7.43 Å². The molecule has 2 aromatic heterocycles. The minimum Gasteiger partial charge on any atom is -0.318 e. The molecular formula is C10H16N4S. The Labute approximate surface area is 94.1 Å². The molecular weight excluding hydrogens is 208 g/mol. The summed E-state index contributed by atoms with van der Waals surface area (Å²) in [6, 6.07) is 0. The largest absolute Gasteiger partial charge is 0.318 e. The molecule has 0 bridgehead atoms. The Morgan fingerprint density at radius 2 is 2.00 bits per heavy atom. The smallest absolute Gasteiger partial charge is 0.164 e. The Balaban J connectivity index is 0.00000112. The highest BCUT2D eigenvalue weighted by atomic mass is 32.2. The second-order valence-corrected chi connectivity index (χ2v) is 4.94. The lowest BCUT2D eigenvalue weighted by atomic mass is 10.5. The Kier molecular flexibility index (Phi) is 3.68. The molecule has 2 rings (SSSR count). The van der Waals surface area contributed by atoms with Crippen molar-refractivity contribution in [2.75, 3.05) is 0 Å². The molecule has 0 radical (unpaired) electrons. The van der Waals surface area contributed by atoms with Crippen LogP contribution < -0.4 is 0 Å². The van der Waals surface area contributed by atoms with Gasteiger partial charge in [-0.25, -0.2) is 15.0 Å². The van der Waals surface area contributed by atoms with E-state index in [1.165, 1.54) is 0 Å². The van der Waals surface area contributed by atoms with E-state index in [1.54, 1.807) is 24.4 Å². The topological polar surface area (TPSA) is 43.6 Å². The van der Waals surface area contributed by atoms with Crippen LogP contribution in [0.15, 0.2) is 17.7 Å². The minimum atomic E-state index is 0. The second-order valence-electron chi connectivity index (χ2n) is 3.37. The van der Waals surface area contributed by atoms with Gasteiger partial charge in [0.05, 0.1) is 6.33 Å². The maximum Gasteiger partial charge on any atom is 0.164 e. The number of hydrogen-bond donors (Lipinski definition) is 0. The Morgan fingerprint density at radius 3 is 2.67 bits per heavy atom. The first-order valence-corrected chi connectivity index (χ1v) is 5.35. The lowest BCUT2D eigenvalue weighted by Crippen LogP contribution is -1.93. The molecule has 15 heavy (non-hydrogen) atoms. The summed E-state index contributed by atoms with van der Waals surface area (Å²) < 4.78 is 1.90. The minimum absolute atomic E-state index is 0. The molecule has 0 spiro atoms. The van der Waals surface area contributed by atoms with Gasteiger partial charge in [0.15, 0.2) is 5.65 Å². The molecule has 0 atom stereocenters. The maximum absolute atomic E-state index is 4.29. The number of imidazole rings is 1. The first-order chi connectivity index (χ1) is 6.68. The van der Waals surface area contributed by atoms with E-state index in [1.807, 2.05) is 11.6 Å². The van der Waals surface area contributed by atoms with Crippen LogP contribution in [0.5, 0.6) is 0 Å². The average Bonchev–Trinajstić information content (AvgIpc) is 2.49. The predicted molar refractivity (Wildman–Crippen MR) is 64.0 cm³/mol. The third kappa shape index (κ3) is 2.28. The summed E-state index contributed by atoms with van der Waals surface area (Å²) in [5.74, 6) is 0. The molecule has 0 saturated carbocycles. The van der Waals surface area contributed by atoms with E-state index in [9.17, 15) is 0 Å². The molecule has 0 unspecified atom stereocenters. The van der Waals surface area contributed by atoms with Crippen LogP contribution in [-0.2, 0) is 7.05 Å². The molecule has 5 heteroatoms. The summed E-state index contributed by atoms with van der Waals surface area (Å²) in [5, 5.41) is 1.47. The van der Waals surface area contributed by atoms with Crippen molar-refractivity contribution in [1.29, 1.82) is 0 Å². The van der Waals surface area contributed by atoms with Gasteiger partial charge < -0.3 is 4.57 Å². The first kappa shape index (κ1) is 12.0. The zero-order valence-electron chi connectivity index (χ0n) is 8.43. The van der Waals surface area contributed by atoms with E-state index in [0.29, 0.717) is 5.25 Å². The van der Waals surface area contributed by atoms with Crippen molar-refractivity contribution < 1.29 is 0 Å². The molecule has 2 aromatic rings. The molecule has 0 aromatic carbocycles. The van der Waals surface area contributed by atoms with Gasteiger partial charge in [-0.15, -0.1) is 11.8 Å². The highest BCUT2D eigenvalue weighted by molar-refractivity contribution is 8.00. The van der Waals surface area contributed by atoms with Crippen LogP contribution in [0.4, 0.5) is 0 Å². The Hall–Kier alpha value is -1.10. The van der Waals surface area contributed by atoms with Crippen LogP contribution >= 0.6 is 11.8 Å². The normalized spacial score (nSPS) is 10.7. The molecule has 0 aliphatic heterocycles. The van der Waals surface area contributed by atoms with Gasteiger partial charge in [-0.05, 0) is 0 Å². The highest BCUT2D eigenvalue weighted by Gasteiger charge is 2.09. The lowest BCUT2D eigenvalue weighted by Gasteiger charge is -2.03. The van der Waals surface area contributed by atoms with Crippen molar-refractivity contribution in [3.8, 4) is 0 Å². The van der Waals surface area contributed by atoms with Crippen molar-refractivity contribution in [2.45, 2.75) is 31.6 Å². The fourth-order valence-electron chi connectivity index (χ4n) is 1.23. The first-order valence-electron chi connectivity index (χ1n) is 4.47. The van der Waals surface area contributed by atoms with Gasteiger partial charge in [-0.2, -0.15) is 0 Å². The fourth-order valence-corrected chi connectivity index (χ4v) is 2.04. The van der Waals surface area contributed by atoms with Gasteiger partial charge in [0.1, 0.15) is 16.9 Å². The van der Waals surface area contributed by atoms with Gasteiger partial charge in [0, 0.05) is 12.3 Å². The number of aryl methyl sites for hydroxylation is 1. The summed E-state index contributed by atoms with van der Waals surface area (Å²) in [7, 11) is 1.94. The van der Waals surface area contributed by atoms with Crippen molar-refractivity contribution in [2.24, 2.45) is 7.05 Å². The van der Waals surface area contributed by atoms with Crippen molar-refractivity contribution in [3.63, 3.8) is 0 Å². The molecule has 0 aliphatic rings. The molecule has 0 fully saturated rings. The zero-order valence-corrected chi connectivity index (χ0v) is 9.25. The third-order valence-electron chi connectivity index (χ3n) is 1.81. The summed E-state index contributed by atoms with van der Waals surface area (Å²) in [6.45, 7) is 4.28. The molecule has 0 aliphatic carbocycles. The summed E-state index contributed by atoms with van der Waals surface area (Å²) in [4.78, 5) is 12.7. The molecule has 4 nitrogen and oxygen atoms in total. The number of rotatable bonds is 2. The van der Waals surface area contributed by atoms with E-state index >= 15 is 0 Å². The third-order valence-corrected chi connectivity index (χ3v) is 2.80. The average molecular weight is 224 g/mol. The Bertz CT molecular complexity index is 450. The SMILES string of the molecule is C.CC(C)Sc1ncnc2c1ncn2C. The maximum atomic E-state index is 4.29. The summed E-state index contributed by atoms with van der Waals surface area (Å²) >= 11 is 1.71. The lowest BCUT2D eigenvalue weighted by molar-refractivity contribution is 0.925. The van der Waals surface area contributed by atoms with Crippen molar-refractivity contribution >= 4 is 22.9 Å². The number of aromatic nitrogens is 4. The number of fused-ring (bicyclic) bond motifs is 1. The summed E-state index contributed by atoms with van der Waals surface area (Å²) in [5.41, 5.74) is 1.79. The van der Waals surface area contributed by atoms with Crippen LogP contribution in [0.2, 0.25) is 0 Å². The number of nitrogens with zero attached hydrogens (tertiary/aromatic N) is 4. The van der Waals surface area contributed by atoms with Crippen molar-refractivity contribution in [1.82, 2.24) is 19.5 Å². The summed E-state index contributed by atoms with van der Waals surface area (Å²) in [6.07, 6.45) is 3.36. The fraction of sp³-hybridized carbons (Fsp3) is 0.500. The van der Waals surface area contributed by atoms with Gasteiger partial charge in [-0.1, -0.05) is 21.3 Å². The van der Waals surface area contributed by atoms with E-state index in [2.05, 4.69) is 28.8 Å². The zero-order chi connectivity index (χ0) is 10.1. The number of hydrogen-bond acceptors (Lipinski definition) is 4. The van der Waals surface area contributed by atoms with Crippen LogP contribution in [0.25, 0.3) is 11.2 Å². The van der Waals surface area contributed by atoms with Crippen LogP contribution in [0, 0.1) is 0 Å². The van der Waals surface area contributed by atoms with Gasteiger partial charge in [0.25, 0.3) is 0 Å². The molecule has 0 amide bonds. The van der Waals surface area contributed by atoms with Crippen LogP contribution in [0.1, 0.15) is 21.3 Å².